The Morgan fingerprint density at radius 2 is 1.81 bits per heavy atom. The molecule has 272 valence electrons. The minimum Gasteiger partial charge on any atom is -0.497 e. The van der Waals surface area contributed by atoms with Crippen LogP contribution in [0.5, 0.6) is 5.75 Å². The summed E-state index contributed by atoms with van der Waals surface area (Å²) in [7, 11) is 1.62. The summed E-state index contributed by atoms with van der Waals surface area (Å²) in [5, 5.41) is 13.1. The van der Waals surface area contributed by atoms with Gasteiger partial charge in [-0.1, -0.05) is 36.4 Å². The number of aryl methyl sites for hydroxylation is 1. The van der Waals surface area contributed by atoms with E-state index in [4.69, 9.17) is 4.74 Å². The number of fused-ring (bicyclic) bond motifs is 1. The smallest absolute Gasteiger partial charge is 0.262 e. The average molecular weight is 730 g/mol. The zero-order chi connectivity index (χ0) is 36.5. The molecule has 12 heteroatoms. The predicted octanol–water partition coefficient (Wildman–Crippen LogP) is 5.68. The van der Waals surface area contributed by atoms with E-state index in [1.807, 2.05) is 83.5 Å². The third kappa shape index (κ3) is 7.26. The Hall–Kier alpha value is -5.17. The Labute approximate surface area is 312 Å². The molecule has 0 unspecified atom stereocenters. The SMILES string of the molecule is COc1cccc(-n2ccc3c(=O)n(CC4(O)CCN(C(=O)[C@@H]5CCN(Cc6cnc(-c7ccc(C)nc7)s6)C[C@H]5c5ccccc5)CC4)cnc32)c1. The maximum atomic E-state index is 14.3. The molecule has 2 atom stereocenters. The number of piperidine rings is 2. The Morgan fingerprint density at radius 1 is 0.981 bits per heavy atom. The molecule has 4 aromatic heterocycles. The lowest BCUT2D eigenvalue weighted by Gasteiger charge is -2.43. The number of carbonyl (C=O) groups excluding carboxylic acids is 1. The zero-order valence-electron chi connectivity index (χ0n) is 30.0. The van der Waals surface area contributed by atoms with Gasteiger partial charge in [0.1, 0.15) is 17.1 Å². The first kappa shape index (κ1) is 34.9. The predicted molar refractivity (Wildman–Crippen MR) is 205 cm³/mol. The topological polar surface area (TPSA) is 119 Å². The number of hydrogen-bond donors (Lipinski definition) is 1. The van der Waals surface area contributed by atoms with E-state index in [-0.39, 0.29) is 29.8 Å². The number of methoxy groups -OCH3 is 1. The van der Waals surface area contributed by atoms with Gasteiger partial charge >= 0.3 is 0 Å². The van der Waals surface area contributed by atoms with Gasteiger partial charge in [-0.3, -0.25) is 24.0 Å². The van der Waals surface area contributed by atoms with Crippen molar-refractivity contribution in [2.75, 3.05) is 33.3 Å². The molecule has 2 saturated heterocycles. The first-order valence-corrected chi connectivity index (χ1v) is 19.0. The quantitative estimate of drug-likeness (QED) is 0.202. The van der Waals surface area contributed by atoms with Crippen LogP contribution in [0.2, 0.25) is 0 Å². The fraction of sp³-hybridized carbons (Fsp3) is 0.341. The van der Waals surface area contributed by atoms with Crippen LogP contribution in [-0.4, -0.2) is 83.8 Å². The standard InChI is InChI=1S/C41H43N7O4S/c1-28-11-12-30(22-42-28)38-43-23-33(53-38)24-45-17-13-34(36(25-45)29-7-4-3-5-8-29)39(49)46-19-15-41(51,16-20-46)26-47-27-44-37-35(40(47)50)14-18-48(37)31-9-6-10-32(21-31)52-2/h3-12,14,18,21-23,27,34,36,51H,13,15-17,19-20,24-26H2,1-2H3/t34-,36+/m1/s1. The molecule has 2 aliphatic rings. The number of pyridine rings is 1. The third-order valence-electron chi connectivity index (χ3n) is 10.8. The van der Waals surface area contributed by atoms with E-state index in [9.17, 15) is 14.7 Å². The number of benzene rings is 2. The largest absolute Gasteiger partial charge is 0.497 e. The highest BCUT2D eigenvalue weighted by molar-refractivity contribution is 7.15. The summed E-state index contributed by atoms with van der Waals surface area (Å²) in [6.07, 6.45) is 8.70. The average Bonchev–Trinajstić information content (AvgIpc) is 3.85. The van der Waals surface area contributed by atoms with Crippen LogP contribution in [0.4, 0.5) is 0 Å². The lowest BCUT2D eigenvalue weighted by Crippen LogP contribution is -2.53. The molecule has 11 nitrogen and oxygen atoms in total. The number of aromatic nitrogens is 5. The monoisotopic (exact) mass is 729 g/mol. The number of hydrogen-bond acceptors (Lipinski definition) is 9. The summed E-state index contributed by atoms with van der Waals surface area (Å²) in [6, 6.07) is 23.8. The highest BCUT2D eigenvalue weighted by atomic mass is 32.1. The van der Waals surface area contributed by atoms with Gasteiger partial charge in [0, 0.05) is 78.8 Å². The van der Waals surface area contributed by atoms with Crippen molar-refractivity contribution >= 4 is 28.3 Å². The van der Waals surface area contributed by atoms with Crippen molar-refractivity contribution in [3.8, 4) is 22.0 Å². The molecule has 1 N–H and O–H groups in total. The van der Waals surface area contributed by atoms with Crippen molar-refractivity contribution in [1.82, 2.24) is 33.9 Å². The molecule has 1 amide bonds. The van der Waals surface area contributed by atoms with E-state index in [2.05, 4.69) is 38.1 Å². The maximum Gasteiger partial charge on any atom is 0.262 e. The van der Waals surface area contributed by atoms with E-state index < -0.39 is 5.60 Å². The lowest BCUT2D eigenvalue weighted by molar-refractivity contribution is -0.142. The van der Waals surface area contributed by atoms with Crippen molar-refractivity contribution in [1.29, 1.82) is 0 Å². The van der Waals surface area contributed by atoms with Crippen LogP contribution in [0, 0.1) is 12.8 Å². The Balaban J connectivity index is 0.927. The molecule has 2 aliphatic heterocycles. The summed E-state index contributed by atoms with van der Waals surface area (Å²) < 4.78 is 8.72. The molecule has 0 aliphatic carbocycles. The number of amides is 1. The van der Waals surface area contributed by atoms with Crippen LogP contribution < -0.4 is 10.3 Å². The van der Waals surface area contributed by atoms with E-state index in [0.717, 1.165) is 48.0 Å². The maximum absolute atomic E-state index is 14.3. The summed E-state index contributed by atoms with van der Waals surface area (Å²) in [5.41, 5.74) is 3.22. The minimum atomic E-state index is -1.13. The molecular weight excluding hydrogens is 687 g/mol. The number of aliphatic hydroxyl groups is 1. The van der Waals surface area contributed by atoms with E-state index in [1.165, 1.54) is 21.3 Å². The number of likely N-dealkylation sites (tertiary alicyclic amines) is 2. The van der Waals surface area contributed by atoms with Crippen molar-refractivity contribution in [2.45, 2.75) is 50.8 Å². The highest BCUT2D eigenvalue weighted by Crippen LogP contribution is 2.37. The van der Waals surface area contributed by atoms with Crippen molar-refractivity contribution in [2.24, 2.45) is 5.92 Å². The third-order valence-corrected chi connectivity index (χ3v) is 11.8. The van der Waals surface area contributed by atoms with Crippen LogP contribution in [0.25, 0.3) is 27.3 Å². The Kier molecular flexibility index (Phi) is 9.67. The van der Waals surface area contributed by atoms with Gasteiger partial charge in [0.05, 0.1) is 30.3 Å². The first-order valence-electron chi connectivity index (χ1n) is 18.1. The van der Waals surface area contributed by atoms with Gasteiger partial charge in [0.15, 0.2) is 5.65 Å². The van der Waals surface area contributed by atoms with E-state index in [0.29, 0.717) is 42.7 Å². The van der Waals surface area contributed by atoms with Crippen LogP contribution >= 0.6 is 11.3 Å². The second-order valence-electron chi connectivity index (χ2n) is 14.3. The fourth-order valence-electron chi connectivity index (χ4n) is 7.81. The molecule has 2 aromatic carbocycles. The van der Waals surface area contributed by atoms with Gasteiger partial charge in [0.25, 0.3) is 5.56 Å². The number of nitrogens with zero attached hydrogens (tertiary/aromatic N) is 7. The zero-order valence-corrected chi connectivity index (χ0v) is 30.8. The van der Waals surface area contributed by atoms with Gasteiger partial charge < -0.3 is 19.3 Å². The molecule has 0 radical (unpaired) electrons. The molecule has 2 fully saturated rings. The van der Waals surface area contributed by atoms with E-state index in [1.54, 1.807) is 24.5 Å². The molecule has 0 bridgehead atoms. The number of ether oxygens (including phenoxy) is 1. The molecule has 0 spiro atoms. The number of rotatable bonds is 9. The fourth-order valence-corrected chi connectivity index (χ4v) is 8.76. The Bertz CT molecular complexity index is 2280. The van der Waals surface area contributed by atoms with Crippen LogP contribution in [-0.2, 0) is 17.9 Å². The van der Waals surface area contributed by atoms with Gasteiger partial charge in [0.2, 0.25) is 5.91 Å². The second-order valence-corrected chi connectivity index (χ2v) is 15.4. The van der Waals surface area contributed by atoms with Crippen LogP contribution in [0.1, 0.15) is 41.3 Å². The Morgan fingerprint density at radius 3 is 2.58 bits per heavy atom. The van der Waals surface area contributed by atoms with Gasteiger partial charge in [-0.25, -0.2) is 9.97 Å². The van der Waals surface area contributed by atoms with E-state index >= 15 is 0 Å². The summed E-state index contributed by atoms with van der Waals surface area (Å²) in [4.78, 5) is 47.1. The molecule has 0 saturated carbocycles. The minimum absolute atomic E-state index is 0.0487. The van der Waals surface area contributed by atoms with Gasteiger partial charge in [-0.05, 0) is 68.6 Å². The summed E-state index contributed by atoms with van der Waals surface area (Å²) >= 11 is 1.69. The molecular formula is C41H43N7O4S. The number of carbonyl (C=O) groups is 1. The molecule has 6 aromatic rings. The lowest BCUT2D eigenvalue weighted by atomic mass is 9.79. The van der Waals surface area contributed by atoms with Crippen molar-refractivity contribution < 1.29 is 14.6 Å². The van der Waals surface area contributed by atoms with Crippen LogP contribution in [0.15, 0.2) is 103 Å². The normalized spacial score (nSPS) is 19.0. The molecule has 8 rings (SSSR count). The van der Waals surface area contributed by atoms with Gasteiger partial charge in [-0.2, -0.15) is 0 Å². The van der Waals surface area contributed by atoms with Crippen molar-refractivity contribution in [3.63, 3.8) is 0 Å². The van der Waals surface area contributed by atoms with Gasteiger partial charge in [-0.15, -0.1) is 11.3 Å². The number of thiazole rings is 1. The van der Waals surface area contributed by atoms with Crippen molar-refractivity contribution in [3.05, 3.63) is 124 Å². The highest BCUT2D eigenvalue weighted by Gasteiger charge is 2.41. The molecule has 6 heterocycles. The van der Waals surface area contributed by atoms with Crippen LogP contribution in [0.3, 0.4) is 0 Å². The second kappa shape index (κ2) is 14.7. The summed E-state index contributed by atoms with van der Waals surface area (Å²) in [5.74, 6) is 0.751. The molecule has 53 heavy (non-hydrogen) atoms. The summed E-state index contributed by atoms with van der Waals surface area (Å²) in [6.45, 7) is 5.34. The first-order chi connectivity index (χ1) is 25.8.